The quantitative estimate of drug-likeness (QED) is 0.589. The largest absolute Gasteiger partial charge is 0.322 e. The molecule has 0 aliphatic rings. The van der Waals surface area contributed by atoms with Crippen molar-refractivity contribution in [2.45, 2.75) is 0 Å². The molecule has 5 nitrogen and oxygen atoms in total. The van der Waals surface area contributed by atoms with E-state index in [0.29, 0.717) is 10.2 Å². The van der Waals surface area contributed by atoms with Gasteiger partial charge in [-0.15, -0.1) is 0 Å². The number of nitro benzene ring substituents is 1. The van der Waals surface area contributed by atoms with Gasteiger partial charge in [0.2, 0.25) is 0 Å². The Morgan fingerprint density at radius 2 is 1.86 bits per heavy atom. The molecule has 0 heterocycles. The van der Waals surface area contributed by atoms with E-state index >= 15 is 0 Å². The van der Waals surface area contributed by atoms with Crippen molar-refractivity contribution in [2.24, 2.45) is 0 Å². The summed E-state index contributed by atoms with van der Waals surface area (Å²) in [5.41, 5.74) is 0.373. The average molecular weight is 418 g/mol. The van der Waals surface area contributed by atoms with E-state index in [2.05, 4.69) is 37.2 Å². The first-order valence-corrected chi connectivity index (χ1v) is 7.17. The smallest absolute Gasteiger partial charge is 0.283 e. The van der Waals surface area contributed by atoms with E-state index in [1.807, 2.05) is 0 Å². The fourth-order valence-electron chi connectivity index (χ4n) is 1.60. The number of nitrogens with zero attached hydrogens (tertiary/aromatic N) is 1. The van der Waals surface area contributed by atoms with E-state index in [-0.39, 0.29) is 15.7 Å². The zero-order valence-corrected chi connectivity index (χ0v) is 13.4. The highest BCUT2D eigenvalue weighted by Crippen LogP contribution is 2.28. The van der Waals surface area contributed by atoms with Gasteiger partial charge in [0.1, 0.15) is 5.82 Å². The SMILES string of the molecule is O=C(Nc1ccc([N+](=O)[O-])c(Br)c1)c1cc(F)ccc1Br. The molecule has 0 fully saturated rings. The van der Waals surface area contributed by atoms with Gasteiger partial charge in [0.25, 0.3) is 11.6 Å². The number of benzene rings is 2. The third kappa shape index (κ3) is 3.64. The number of nitro groups is 1. The standard InChI is InChI=1S/C13H7Br2FN2O3/c14-10-3-1-7(16)5-9(10)13(19)17-8-2-4-12(18(20)21)11(15)6-8/h1-6H,(H,17,19). The zero-order valence-electron chi connectivity index (χ0n) is 10.3. The first-order valence-electron chi connectivity index (χ1n) is 5.59. The second kappa shape index (κ2) is 6.31. The van der Waals surface area contributed by atoms with Crippen molar-refractivity contribution < 1.29 is 14.1 Å². The van der Waals surface area contributed by atoms with Gasteiger partial charge < -0.3 is 5.32 Å². The van der Waals surface area contributed by atoms with Gasteiger partial charge in [0.15, 0.2) is 0 Å². The van der Waals surface area contributed by atoms with Crippen molar-refractivity contribution in [1.29, 1.82) is 0 Å². The van der Waals surface area contributed by atoms with E-state index in [4.69, 9.17) is 0 Å². The van der Waals surface area contributed by atoms with Crippen LogP contribution in [0.2, 0.25) is 0 Å². The lowest BCUT2D eigenvalue weighted by Gasteiger charge is -2.07. The maximum absolute atomic E-state index is 13.2. The number of carbonyl (C=O) groups excluding carboxylic acids is 1. The van der Waals surface area contributed by atoms with E-state index in [0.717, 1.165) is 6.07 Å². The molecule has 21 heavy (non-hydrogen) atoms. The Balaban J connectivity index is 2.26. The van der Waals surface area contributed by atoms with Crippen LogP contribution in [0.15, 0.2) is 45.3 Å². The summed E-state index contributed by atoms with van der Waals surface area (Å²) in [6.07, 6.45) is 0. The molecule has 0 aromatic heterocycles. The molecule has 2 rings (SSSR count). The van der Waals surface area contributed by atoms with Crippen LogP contribution in [-0.2, 0) is 0 Å². The van der Waals surface area contributed by atoms with Gasteiger partial charge in [-0.1, -0.05) is 0 Å². The van der Waals surface area contributed by atoms with Gasteiger partial charge in [0, 0.05) is 16.2 Å². The second-order valence-electron chi connectivity index (χ2n) is 4.00. The van der Waals surface area contributed by atoms with E-state index < -0.39 is 16.6 Å². The summed E-state index contributed by atoms with van der Waals surface area (Å²) in [6.45, 7) is 0. The lowest BCUT2D eigenvalue weighted by atomic mass is 10.2. The molecule has 0 radical (unpaired) electrons. The molecule has 1 amide bonds. The Bertz CT molecular complexity index is 737. The summed E-state index contributed by atoms with van der Waals surface area (Å²) >= 11 is 6.22. The molecule has 108 valence electrons. The first-order chi connectivity index (χ1) is 9.88. The van der Waals surface area contributed by atoms with Crippen molar-refractivity contribution in [3.63, 3.8) is 0 Å². The number of anilines is 1. The molecule has 1 N–H and O–H groups in total. The lowest BCUT2D eigenvalue weighted by Crippen LogP contribution is -2.13. The fourth-order valence-corrected chi connectivity index (χ4v) is 2.55. The number of hydrogen-bond acceptors (Lipinski definition) is 3. The highest BCUT2D eigenvalue weighted by molar-refractivity contribution is 9.11. The van der Waals surface area contributed by atoms with E-state index in [1.165, 1.54) is 30.3 Å². The van der Waals surface area contributed by atoms with Crippen LogP contribution in [0.5, 0.6) is 0 Å². The average Bonchev–Trinajstić information content (AvgIpc) is 2.41. The Hall–Kier alpha value is -1.80. The summed E-state index contributed by atoms with van der Waals surface area (Å²) in [7, 11) is 0. The van der Waals surface area contributed by atoms with E-state index in [1.54, 1.807) is 0 Å². The monoisotopic (exact) mass is 416 g/mol. The minimum atomic E-state index is -0.543. The van der Waals surface area contributed by atoms with Crippen LogP contribution in [0, 0.1) is 15.9 Å². The van der Waals surface area contributed by atoms with Crippen LogP contribution in [0.3, 0.4) is 0 Å². The van der Waals surface area contributed by atoms with Crippen LogP contribution in [0.25, 0.3) is 0 Å². The van der Waals surface area contributed by atoms with Crippen LogP contribution in [0.1, 0.15) is 10.4 Å². The summed E-state index contributed by atoms with van der Waals surface area (Å²) in [6, 6.07) is 7.82. The number of hydrogen-bond donors (Lipinski definition) is 1. The topological polar surface area (TPSA) is 72.2 Å². The Morgan fingerprint density at radius 1 is 1.14 bits per heavy atom. The number of halogens is 3. The third-order valence-electron chi connectivity index (χ3n) is 2.58. The fraction of sp³-hybridized carbons (Fsp3) is 0. The Labute approximate surface area is 135 Å². The van der Waals surface area contributed by atoms with Crippen LogP contribution in [0.4, 0.5) is 15.8 Å². The molecule has 2 aromatic rings. The molecule has 0 bridgehead atoms. The van der Waals surface area contributed by atoms with Gasteiger partial charge in [0.05, 0.1) is 15.0 Å². The minimum Gasteiger partial charge on any atom is -0.322 e. The molecule has 0 aliphatic heterocycles. The molecule has 2 aromatic carbocycles. The maximum atomic E-state index is 13.2. The molecule has 0 atom stereocenters. The zero-order chi connectivity index (χ0) is 15.6. The number of rotatable bonds is 3. The molecular weight excluding hydrogens is 411 g/mol. The second-order valence-corrected chi connectivity index (χ2v) is 5.71. The number of amides is 1. The minimum absolute atomic E-state index is 0.111. The molecule has 0 aliphatic carbocycles. The van der Waals surface area contributed by atoms with Gasteiger partial charge in [-0.2, -0.15) is 0 Å². The Morgan fingerprint density at radius 3 is 2.48 bits per heavy atom. The van der Waals surface area contributed by atoms with Crippen LogP contribution in [-0.4, -0.2) is 10.8 Å². The molecular formula is C13H7Br2FN2O3. The maximum Gasteiger partial charge on any atom is 0.283 e. The van der Waals surface area contributed by atoms with Crippen molar-refractivity contribution in [3.05, 3.63) is 66.8 Å². The third-order valence-corrected chi connectivity index (χ3v) is 3.90. The van der Waals surface area contributed by atoms with Crippen molar-refractivity contribution in [1.82, 2.24) is 0 Å². The van der Waals surface area contributed by atoms with Gasteiger partial charge in [-0.05, 0) is 62.2 Å². The first kappa shape index (κ1) is 15.6. The van der Waals surface area contributed by atoms with Crippen molar-refractivity contribution >= 4 is 49.1 Å². The molecule has 0 saturated heterocycles. The molecule has 0 saturated carbocycles. The molecule has 0 unspecified atom stereocenters. The summed E-state index contributed by atoms with van der Waals surface area (Å²) < 4.78 is 13.9. The summed E-state index contributed by atoms with van der Waals surface area (Å²) in [4.78, 5) is 22.2. The van der Waals surface area contributed by atoms with Crippen LogP contribution >= 0.6 is 31.9 Å². The normalized spacial score (nSPS) is 10.2. The number of nitrogens with one attached hydrogen (secondary N) is 1. The van der Waals surface area contributed by atoms with Gasteiger partial charge in [-0.25, -0.2) is 4.39 Å². The molecule has 8 heteroatoms. The predicted octanol–water partition coefficient (Wildman–Crippen LogP) is 4.51. The van der Waals surface area contributed by atoms with Crippen molar-refractivity contribution in [3.8, 4) is 0 Å². The van der Waals surface area contributed by atoms with Gasteiger partial charge >= 0.3 is 0 Å². The molecule has 0 spiro atoms. The highest BCUT2D eigenvalue weighted by Gasteiger charge is 2.15. The number of carbonyl (C=O) groups is 1. The Kier molecular flexibility index (Phi) is 4.69. The summed E-state index contributed by atoms with van der Waals surface area (Å²) in [5, 5.41) is 13.2. The summed E-state index contributed by atoms with van der Waals surface area (Å²) in [5.74, 6) is -1.06. The lowest BCUT2D eigenvalue weighted by molar-refractivity contribution is -0.385. The van der Waals surface area contributed by atoms with Gasteiger partial charge in [-0.3, -0.25) is 14.9 Å². The van der Waals surface area contributed by atoms with Crippen molar-refractivity contribution in [2.75, 3.05) is 5.32 Å². The van der Waals surface area contributed by atoms with E-state index in [9.17, 15) is 19.3 Å². The van der Waals surface area contributed by atoms with Crippen LogP contribution < -0.4 is 5.32 Å². The predicted molar refractivity (Wildman–Crippen MR) is 82.8 cm³/mol. The highest BCUT2D eigenvalue weighted by atomic mass is 79.9.